The normalized spacial score (nSPS) is 12.5. The zero-order valence-electron chi connectivity index (χ0n) is 10.2. The molecule has 0 saturated heterocycles. The van der Waals surface area contributed by atoms with E-state index in [1.54, 1.807) is 6.92 Å². The minimum atomic E-state index is -0.162. The third kappa shape index (κ3) is 2.37. The van der Waals surface area contributed by atoms with E-state index >= 15 is 0 Å². The van der Waals surface area contributed by atoms with E-state index in [1.165, 1.54) is 0 Å². The van der Waals surface area contributed by atoms with Gasteiger partial charge in [-0.05, 0) is 36.2 Å². The maximum absolute atomic E-state index is 11.9. The molecule has 2 aromatic rings. The lowest BCUT2D eigenvalue weighted by molar-refractivity contribution is 0.0954. The molecule has 3 rings (SSSR count). The fraction of sp³-hybridized carbons (Fsp3) is 0.250. The van der Waals surface area contributed by atoms with Gasteiger partial charge in [0.05, 0.1) is 5.69 Å². The number of benzene rings is 1. The number of nitrogens with one attached hydrogen (secondary N) is 1. The van der Waals surface area contributed by atoms with Gasteiger partial charge in [-0.2, -0.15) is 0 Å². The molecule has 0 radical (unpaired) electrons. The topological polar surface area (TPSA) is 73.3 Å². The molecular formula is C12H11N3O3S. The summed E-state index contributed by atoms with van der Waals surface area (Å²) in [6.45, 7) is 2.43. The van der Waals surface area contributed by atoms with Crippen molar-refractivity contribution in [1.29, 1.82) is 0 Å². The summed E-state index contributed by atoms with van der Waals surface area (Å²) in [5, 5.41) is 6.64. The van der Waals surface area contributed by atoms with E-state index in [-0.39, 0.29) is 12.7 Å². The van der Waals surface area contributed by atoms with Gasteiger partial charge in [0.25, 0.3) is 5.91 Å². The van der Waals surface area contributed by atoms with E-state index in [9.17, 15) is 4.79 Å². The number of nitrogens with zero attached hydrogens (tertiary/aromatic N) is 2. The Kier molecular flexibility index (Phi) is 3.04. The van der Waals surface area contributed by atoms with E-state index in [1.807, 2.05) is 18.2 Å². The highest BCUT2D eigenvalue weighted by molar-refractivity contribution is 7.07. The number of aryl methyl sites for hydroxylation is 1. The summed E-state index contributed by atoms with van der Waals surface area (Å²) in [5.74, 6) is 1.28. The Hall–Kier alpha value is -2.15. The van der Waals surface area contributed by atoms with Crippen molar-refractivity contribution >= 4 is 17.4 Å². The number of aromatic nitrogens is 2. The van der Waals surface area contributed by atoms with E-state index in [0.29, 0.717) is 22.9 Å². The van der Waals surface area contributed by atoms with E-state index < -0.39 is 0 Å². The molecule has 0 spiro atoms. The molecule has 1 amide bonds. The van der Waals surface area contributed by atoms with Crippen LogP contribution in [0.25, 0.3) is 0 Å². The molecule has 2 heterocycles. The molecule has 7 heteroatoms. The largest absolute Gasteiger partial charge is 0.454 e. The Balaban J connectivity index is 1.66. The molecule has 0 aliphatic carbocycles. The van der Waals surface area contributed by atoms with Gasteiger partial charge in [0.1, 0.15) is 4.88 Å². The average Bonchev–Trinajstić information content (AvgIpc) is 3.03. The second-order valence-electron chi connectivity index (χ2n) is 4.06. The number of carbonyl (C=O) groups is 1. The first-order chi connectivity index (χ1) is 9.24. The van der Waals surface area contributed by atoms with Crippen LogP contribution in [0.4, 0.5) is 0 Å². The Morgan fingerprint density at radius 1 is 1.42 bits per heavy atom. The first-order valence-electron chi connectivity index (χ1n) is 5.70. The highest BCUT2D eigenvalue weighted by Gasteiger charge is 2.15. The van der Waals surface area contributed by atoms with Gasteiger partial charge >= 0.3 is 0 Å². The van der Waals surface area contributed by atoms with E-state index in [0.717, 1.165) is 22.8 Å². The minimum absolute atomic E-state index is 0.162. The van der Waals surface area contributed by atoms with E-state index in [4.69, 9.17) is 9.47 Å². The standard InChI is InChI=1S/C12H11N3O3S/c1-7-11(19-15-14-7)12(16)13-5-8-2-3-9-10(4-8)18-6-17-9/h2-4H,5-6H2,1H3,(H,13,16). The number of fused-ring (bicyclic) bond motifs is 1. The summed E-state index contributed by atoms with van der Waals surface area (Å²) < 4.78 is 14.3. The number of amides is 1. The quantitative estimate of drug-likeness (QED) is 0.920. The summed E-state index contributed by atoms with van der Waals surface area (Å²) in [6.07, 6.45) is 0. The van der Waals surface area contributed by atoms with Crippen molar-refractivity contribution in [2.75, 3.05) is 6.79 Å². The summed E-state index contributed by atoms with van der Waals surface area (Å²) in [5.41, 5.74) is 1.60. The van der Waals surface area contributed by atoms with Crippen LogP contribution < -0.4 is 14.8 Å². The second kappa shape index (κ2) is 4.85. The van der Waals surface area contributed by atoms with Gasteiger partial charge in [-0.3, -0.25) is 4.79 Å². The van der Waals surface area contributed by atoms with Gasteiger partial charge in [0, 0.05) is 6.54 Å². The molecule has 1 aliphatic rings. The second-order valence-corrected chi connectivity index (χ2v) is 4.81. The first-order valence-corrected chi connectivity index (χ1v) is 6.47. The Morgan fingerprint density at radius 3 is 3.05 bits per heavy atom. The number of hydrogen-bond acceptors (Lipinski definition) is 6. The third-order valence-electron chi connectivity index (χ3n) is 2.75. The van der Waals surface area contributed by atoms with Crippen LogP contribution in [-0.4, -0.2) is 22.3 Å². The van der Waals surface area contributed by atoms with Crippen LogP contribution in [0.1, 0.15) is 20.9 Å². The summed E-state index contributed by atoms with van der Waals surface area (Å²) >= 11 is 1.10. The van der Waals surface area contributed by atoms with Crippen LogP contribution in [0, 0.1) is 6.92 Å². The van der Waals surface area contributed by atoms with Gasteiger partial charge in [-0.1, -0.05) is 10.6 Å². The predicted octanol–water partition coefficient (Wildman–Crippen LogP) is 1.51. The Morgan fingerprint density at radius 2 is 2.26 bits per heavy atom. The maximum atomic E-state index is 11.9. The average molecular weight is 277 g/mol. The van der Waals surface area contributed by atoms with Crippen molar-refractivity contribution in [3.63, 3.8) is 0 Å². The van der Waals surface area contributed by atoms with Crippen molar-refractivity contribution in [3.05, 3.63) is 34.3 Å². The number of ether oxygens (including phenoxy) is 2. The van der Waals surface area contributed by atoms with Gasteiger partial charge in [0.2, 0.25) is 6.79 Å². The molecule has 1 aliphatic heterocycles. The van der Waals surface area contributed by atoms with Crippen molar-refractivity contribution in [2.45, 2.75) is 13.5 Å². The lowest BCUT2D eigenvalue weighted by Gasteiger charge is -2.05. The SMILES string of the molecule is Cc1nnsc1C(=O)NCc1ccc2c(c1)OCO2. The van der Waals surface area contributed by atoms with Crippen molar-refractivity contribution in [3.8, 4) is 11.5 Å². The van der Waals surface area contributed by atoms with E-state index in [2.05, 4.69) is 14.9 Å². The van der Waals surface area contributed by atoms with Crippen LogP contribution in [0.3, 0.4) is 0 Å². The maximum Gasteiger partial charge on any atom is 0.265 e. The van der Waals surface area contributed by atoms with Gasteiger partial charge in [-0.15, -0.1) is 5.10 Å². The fourth-order valence-electron chi connectivity index (χ4n) is 1.75. The van der Waals surface area contributed by atoms with Crippen molar-refractivity contribution in [2.24, 2.45) is 0 Å². The number of rotatable bonds is 3. The molecule has 1 aromatic carbocycles. The van der Waals surface area contributed by atoms with Crippen molar-refractivity contribution in [1.82, 2.24) is 14.9 Å². The molecule has 0 fully saturated rings. The van der Waals surface area contributed by atoms with Crippen LogP contribution in [-0.2, 0) is 6.54 Å². The molecule has 0 unspecified atom stereocenters. The molecule has 0 atom stereocenters. The van der Waals surface area contributed by atoms with Gasteiger partial charge < -0.3 is 14.8 Å². The number of carbonyl (C=O) groups excluding carboxylic acids is 1. The van der Waals surface area contributed by atoms with Crippen LogP contribution >= 0.6 is 11.5 Å². The first kappa shape index (κ1) is 11.9. The zero-order chi connectivity index (χ0) is 13.2. The monoisotopic (exact) mass is 277 g/mol. The number of hydrogen-bond donors (Lipinski definition) is 1. The highest BCUT2D eigenvalue weighted by atomic mass is 32.1. The summed E-state index contributed by atoms with van der Waals surface area (Å²) in [7, 11) is 0. The fourth-order valence-corrected chi connectivity index (χ4v) is 2.33. The summed E-state index contributed by atoms with van der Waals surface area (Å²) in [4.78, 5) is 12.4. The Bertz CT molecular complexity index is 626. The Labute approximate surface area is 113 Å². The molecular weight excluding hydrogens is 266 g/mol. The molecule has 0 bridgehead atoms. The smallest absolute Gasteiger partial charge is 0.265 e. The zero-order valence-corrected chi connectivity index (χ0v) is 11.0. The van der Waals surface area contributed by atoms with Crippen LogP contribution in [0.15, 0.2) is 18.2 Å². The molecule has 19 heavy (non-hydrogen) atoms. The molecule has 6 nitrogen and oxygen atoms in total. The van der Waals surface area contributed by atoms with Gasteiger partial charge in [0.15, 0.2) is 11.5 Å². The predicted molar refractivity (Wildman–Crippen MR) is 68.4 cm³/mol. The van der Waals surface area contributed by atoms with Crippen LogP contribution in [0.5, 0.6) is 11.5 Å². The molecule has 1 N–H and O–H groups in total. The van der Waals surface area contributed by atoms with Crippen molar-refractivity contribution < 1.29 is 14.3 Å². The highest BCUT2D eigenvalue weighted by Crippen LogP contribution is 2.32. The lowest BCUT2D eigenvalue weighted by Crippen LogP contribution is -2.22. The lowest BCUT2D eigenvalue weighted by atomic mass is 10.2. The van der Waals surface area contributed by atoms with Gasteiger partial charge in [-0.25, -0.2) is 0 Å². The van der Waals surface area contributed by atoms with Crippen LogP contribution in [0.2, 0.25) is 0 Å². The third-order valence-corrected chi connectivity index (χ3v) is 3.57. The molecule has 98 valence electrons. The summed E-state index contributed by atoms with van der Waals surface area (Å²) in [6, 6.07) is 5.59. The molecule has 0 saturated carbocycles. The minimum Gasteiger partial charge on any atom is -0.454 e. The molecule has 1 aromatic heterocycles.